The van der Waals surface area contributed by atoms with E-state index in [1.54, 1.807) is 43.5 Å². The standard InChI is InChI=1S/C17H15NO4/c1-21-13-8-7-10(9-14(13)22-2)15-17(20)16(19)11-5-3-4-6-12(11)18-15/h3-9,20H,1-2H3,(H,18,19). The maximum absolute atomic E-state index is 12.3. The molecule has 3 rings (SSSR count). The SMILES string of the molecule is COc1ccc(-c2[nH]c3ccccc3c(=O)c2O)cc1OC. The van der Waals surface area contributed by atoms with Gasteiger partial charge in [0, 0.05) is 16.5 Å². The van der Waals surface area contributed by atoms with Gasteiger partial charge >= 0.3 is 0 Å². The van der Waals surface area contributed by atoms with E-state index in [-0.39, 0.29) is 5.75 Å². The van der Waals surface area contributed by atoms with Gasteiger partial charge in [0.15, 0.2) is 17.2 Å². The number of hydrogen-bond acceptors (Lipinski definition) is 4. The van der Waals surface area contributed by atoms with E-state index in [9.17, 15) is 9.90 Å². The van der Waals surface area contributed by atoms with E-state index in [4.69, 9.17) is 9.47 Å². The van der Waals surface area contributed by atoms with Gasteiger partial charge in [0.25, 0.3) is 0 Å². The van der Waals surface area contributed by atoms with Gasteiger partial charge in [0.1, 0.15) is 0 Å². The summed E-state index contributed by atoms with van der Waals surface area (Å²) >= 11 is 0. The third kappa shape index (κ3) is 2.16. The monoisotopic (exact) mass is 297 g/mol. The lowest BCUT2D eigenvalue weighted by atomic mass is 10.1. The third-order valence-corrected chi connectivity index (χ3v) is 3.56. The van der Waals surface area contributed by atoms with Gasteiger partial charge in [0.2, 0.25) is 5.43 Å². The molecule has 0 unspecified atom stereocenters. The second-order valence-electron chi connectivity index (χ2n) is 4.79. The van der Waals surface area contributed by atoms with E-state index < -0.39 is 5.43 Å². The Morgan fingerprint density at radius 3 is 2.45 bits per heavy atom. The minimum Gasteiger partial charge on any atom is -0.503 e. The molecule has 0 aliphatic rings. The minimum atomic E-state index is -0.404. The summed E-state index contributed by atoms with van der Waals surface area (Å²) in [5.74, 6) is 0.785. The molecule has 0 amide bonds. The van der Waals surface area contributed by atoms with Crippen LogP contribution in [-0.2, 0) is 0 Å². The van der Waals surface area contributed by atoms with Crippen LogP contribution in [0.4, 0.5) is 0 Å². The van der Waals surface area contributed by atoms with Gasteiger partial charge in [0.05, 0.1) is 19.9 Å². The summed E-state index contributed by atoms with van der Waals surface area (Å²) in [5.41, 5.74) is 1.25. The number of fused-ring (bicyclic) bond motifs is 1. The normalized spacial score (nSPS) is 10.6. The van der Waals surface area contributed by atoms with Crippen molar-refractivity contribution in [2.75, 3.05) is 14.2 Å². The average Bonchev–Trinajstić information content (AvgIpc) is 2.57. The van der Waals surface area contributed by atoms with Crippen molar-refractivity contribution in [1.82, 2.24) is 4.98 Å². The van der Waals surface area contributed by atoms with Crippen LogP contribution in [0.1, 0.15) is 0 Å². The van der Waals surface area contributed by atoms with E-state index in [1.807, 2.05) is 6.07 Å². The zero-order chi connectivity index (χ0) is 15.7. The number of aromatic amines is 1. The molecule has 5 nitrogen and oxygen atoms in total. The number of pyridine rings is 1. The Hall–Kier alpha value is -2.95. The van der Waals surface area contributed by atoms with Gasteiger partial charge in [-0.2, -0.15) is 0 Å². The number of benzene rings is 2. The molecule has 1 heterocycles. The molecule has 0 aliphatic heterocycles. The second-order valence-corrected chi connectivity index (χ2v) is 4.79. The predicted octanol–water partition coefficient (Wildman–Crippen LogP) is 2.92. The molecule has 5 heteroatoms. The van der Waals surface area contributed by atoms with Crippen molar-refractivity contribution in [1.29, 1.82) is 0 Å². The Labute approximate surface area is 126 Å². The zero-order valence-corrected chi connectivity index (χ0v) is 12.2. The molecule has 3 aromatic rings. The van der Waals surface area contributed by atoms with Gasteiger partial charge in [-0.3, -0.25) is 4.79 Å². The Morgan fingerprint density at radius 2 is 1.73 bits per heavy atom. The van der Waals surface area contributed by atoms with Crippen LogP contribution in [0.3, 0.4) is 0 Å². The Bertz CT molecular complexity index is 899. The van der Waals surface area contributed by atoms with E-state index in [0.717, 1.165) is 0 Å². The molecule has 0 aliphatic carbocycles. The molecule has 0 radical (unpaired) electrons. The van der Waals surface area contributed by atoms with Crippen LogP contribution in [0.25, 0.3) is 22.2 Å². The average molecular weight is 297 g/mol. The smallest absolute Gasteiger partial charge is 0.231 e. The predicted molar refractivity (Wildman–Crippen MR) is 84.8 cm³/mol. The van der Waals surface area contributed by atoms with Crippen molar-refractivity contribution < 1.29 is 14.6 Å². The molecule has 0 fully saturated rings. The van der Waals surface area contributed by atoms with Crippen molar-refractivity contribution in [2.24, 2.45) is 0 Å². The van der Waals surface area contributed by atoms with Crippen molar-refractivity contribution in [3.63, 3.8) is 0 Å². The molecule has 0 bridgehead atoms. The lowest BCUT2D eigenvalue weighted by Gasteiger charge is -2.11. The highest BCUT2D eigenvalue weighted by Crippen LogP contribution is 2.34. The fourth-order valence-electron chi connectivity index (χ4n) is 2.43. The first kappa shape index (κ1) is 14.0. The van der Waals surface area contributed by atoms with Crippen LogP contribution in [0.15, 0.2) is 47.3 Å². The minimum absolute atomic E-state index is 0.314. The number of hydrogen-bond donors (Lipinski definition) is 2. The highest BCUT2D eigenvalue weighted by molar-refractivity contribution is 5.84. The Morgan fingerprint density at radius 1 is 1.00 bits per heavy atom. The van der Waals surface area contributed by atoms with Crippen LogP contribution in [0.5, 0.6) is 17.2 Å². The van der Waals surface area contributed by atoms with Crippen molar-refractivity contribution in [3.8, 4) is 28.5 Å². The maximum atomic E-state index is 12.3. The number of aromatic hydroxyl groups is 1. The molecule has 112 valence electrons. The second kappa shape index (κ2) is 5.44. The third-order valence-electron chi connectivity index (χ3n) is 3.56. The number of methoxy groups -OCH3 is 2. The number of rotatable bonds is 3. The molecule has 0 atom stereocenters. The Balaban J connectivity index is 2.26. The molecule has 2 N–H and O–H groups in total. The van der Waals surface area contributed by atoms with Crippen LogP contribution in [0, 0.1) is 0 Å². The highest BCUT2D eigenvalue weighted by atomic mass is 16.5. The first-order valence-electron chi connectivity index (χ1n) is 6.72. The van der Waals surface area contributed by atoms with Gasteiger partial charge in [-0.25, -0.2) is 0 Å². The molecule has 2 aromatic carbocycles. The molecule has 0 saturated heterocycles. The fourth-order valence-corrected chi connectivity index (χ4v) is 2.43. The lowest BCUT2D eigenvalue weighted by molar-refractivity contribution is 0.355. The van der Waals surface area contributed by atoms with Crippen LogP contribution < -0.4 is 14.9 Å². The number of nitrogens with one attached hydrogen (secondary N) is 1. The number of para-hydroxylation sites is 1. The van der Waals surface area contributed by atoms with Gasteiger partial charge in [-0.15, -0.1) is 0 Å². The maximum Gasteiger partial charge on any atom is 0.231 e. The zero-order valence-electron chi connectivity index (χ0n) is 12.2. The van der Waals surface area contributed by atoms with E-state index in [1.165, 1.54) is 7.11 Å². The molecular weight excluding hydrogens is 282 g/mol. The summed E-state index contributed by atoms with van der Waals surface area (Å²) in [6.45, 7) is 0. The summed E-state index contributed by atoms with van der Waals surface area (Å²) in [5, 5.41) is 10.7. The van der Waals surface area contributed by atoms with Crippen LogP contribution in [-0.4, -0.2) is 24.3 Å². The molecule has 0 spiro atoms. The van der Waals surface area contributed by atoms with Crippen LogP contribution >= 0.6 is 0 Å². The molecule has 0 saturated carbocycles. The number of aromatic nitrogens is 1. The quantitative estimate of drug-likeness (QED) is 0.779. The topological polar surface area (TPSA) is 71.6 Å². The van der Waals surface area contributed by atoms with E-state index in [2.05, 4.69) is 4.98 Å². The lowest BCUT2D eigenvalue weighted by Crippen LogP contribution is -2.05. The van der Waals surface area contributed by atoms with Gasteiger partial charge in [-0.1, -0.05) is 12.1 Å². The molecule has 22 heavy (non-hydrogen) atoms. The summed E-state index contributed by atoms with van der Waals surface area (Å²) in [4.78, 5) is 15.4. The largest absolute Gasteiger partial charge is 0.503 e. The van der Waals surface area contributed by atoms with Gasteiger partial charge in [-0.05, 0) is 30.3 Å². The van der Waals surface area contributed by atoms with E-state index in [0.29, 0.717) is 33.7 Å². The van der Waals surface area contributed by atoms with Crippen molar-refractivity contribution in [2.45, 2.75) is 0 Å². The molecule has 1 aromatic heterocycles. The summed E-state index contributed by atoms with van der Waals surface area (Å²) in [6.07, 6.45) is 0. The summed E-state index contributed by atoms with van der Waals surface area (Å²) in [7, 11) is 3.08. The van der Waals surface area contributed by atoms with Crippen molar-refractivity contribution >= 4 is 10.9 Å². The summed E-state index contributed by atoms with van der Waals surface area (Å²) in [6, 6.07) is 12.2. The highest BCUT2D eigenvalue weighted by Gasteiger charge is 2.14. The fraction of sp³-hybridized carbons (Fsp3) is 0.118. The van der Waals surface area contributed by atoms with E-state index >= 15 is 0 Å². The van der Waals surface area contributed by atoms with Gasteiger partial charge < -0.3 is 19.6 Å². The number of ether oxygens (including phenoxy) is 2. The first-order chi connectivity index (χ1) is 10.7. The van der Waals surface area contributed by atoms with Crippen molar-refractivity contribution in [3.05, 3.63) is 52.7 Å². The Kier molecular flexibility index (Phi) is 3.47. The molecular formula is C17H15NO4. The first-order valence-corrected chi connectivity index (χ1v) is 6.72. The number of H-pyrrole nitrogens is 1. The summed E-state index contributed by atoms with van der Waals surface area (Å²) < 4.78 is 10.4. The van der Waals surface area contributed by atoms with Crippen LogP contribution in [0.2, 0.25) is 0 Å².